The Morgan fingerprint density at radius 2 is 1.59 bits per heavy atom. The van der Waals surface area contributed by atoms with Gasteiger partial charge in [0.15, 0.2) is 0 Å². The maximum Gasteiger partial charge on any atom is 0.243 e. The normalized spacial score (nSPS) is 12.6. The molecule has 1 aromatic heterocycles. The van der Waals surface area contributed by atoms with Crippen molar-refractivity contribution in [1.82, 2.24) is 20.9 Å². The minimum Gasteiger partial charge on any atom is -0.384 e. The van der Waals surface area contributed by atoms with Crippen LogP contribution in [0, 0.1) is 0 Å². The van der Waals surface area contributed by atoms with Crippen molar-refractivity contribution in [3.05, 3.63) is 93.6 Å². The summed E-state index contributed by atoms with van der Waals surface area (Å²) in [7, 11) is 1.72. The van der Waals surface area contributed by atoms with E-state index in [9.17, 15) is 9.59 Å². The number of likely N-dealkylation sites (N-methyl/N-ethyl adjacent to an activating group) is 1. The summed E-state index contributed by atoms with van der Waals surface area (Å²) in [5.74, 6) is -0.206. The highest BCUT2D eigenvalue weighted by molar-refractivity contribution is 6.42. The first kappa shape index (κ1) is 25.5. The number of pyridine rings is 1. The average molecular weight is 500 g/mol. The second kappa shape index (κ2) is 12.4. The number of hydrogen-bond acceptors (Lipinski definition) is 5. The van der Waals surface area contributed by atoms with Crippen LogP contribution >= 0.6 is 23.2 Å². The third-order valence-electron chi connectivity index (χ3n) is 5.32. The van der Waals surface area contributed by atoms with E-state index in [0.717, 1.165) is 16.7 Å². The highest BCUT2D eigenvalue weighted by Gasteiger charge is 2.25. The van der Waals surface area contributed by atoms with Gasteiger partial charge in [0.1, 0.15) is 11.9 Å². The Balaban J connectivity index is 1.73. The number of carbonyl (C=O) groups excluding carboxylic acids is 2. The van der Waals surface area contributed by atoms with Gasteiger partial charge >= 0.3 is 0 Å². The molecule has 34 heavy (non-hydrogen) atoms. The van der Waals surface area contributed by atoms with Crippen LogP contribution in [0.15, 0.2) is 66.9 Å². The number of carbonyl (C=O) groups is 2. The minimum atomic E-state index is -0.821. The molecule has 0 radical (unpaired) electrons. The molecule has 0 aliphatic rings. The summed E-state index contributed by atoms with van der Waals surface area (Å²) in [6.07, 6.45) is 2.33. The quantitative estimate of drug-likeness (QED) is 0.342. The van der Waals surface area contributed by atoms with E-state index in [1.807, 2.05) is 30.3 Å². The van der Waals surface area contributed by atoms with Crippen LogP contribution in [0.4, 0.5) is 5.82 Å². The van der Waals surface area contributed by atoms with Crippen LogP contribution in [0.1, 0.15) is 16.7 Å². The molecule has 0 unspecified atom stereocenters. The van der Waals surface area contributed by atoms with Crippen LogP contribution in [-0.4, -0.2) is 35.9 Å². The van der Waals surface area contributed by atoms with Crippen molar-refractivity contribution < 1.29 is 9.59 Å². The lowest BCUT2D eigenvalue weighted by atomic mass is 10.0. The number of nitrogens with zero attached hydrogens (tertiary/aromatic N) is 1. The lowest BCUT2D eigenvalue weighted by Crippen LogP contribution is -2.53. The molecule has 0 spiro atoms. The zero-order valence-electron chi connectivity index (χ0n) is 18.7. The third-order valence-corrected chi connectivity index (χ3v) is 6.06. The topological polar surface area (TPSA) is 109 Å². The zero-order chi connectivity index (χ0) is 24.5. The highest BCUT2D eigenvalue weighted by Crippen LogP contribution is 2.23. The maximum atomic E-state index is 13.1. The van der Waals surface area contributed by atoms with Crippen molar-refractivity contribution in [3.8, 4) is 0 Å². The van der Waals surface area contributed by atoms with Gasteiger partial charge in [-0.15, -0.1) is 0 Å². The molecule has 7 nitrogen and oxygen atoms in total. The standard InChI is InChI=1S/C25H27Cl2N5O2/c1-29-21(12-16-5-3-2-4-6-16)25(34)32-22(13-17-7-9-19(26)20(27)11-17)24(33)31-15-18-8-10-23(28)30-14-18/h2-11,14,21-22,29H,12-13,15H2,1H3,(H2,28,30)(H,31,33)(H,32,34)/t21-,22+/m0/s1. The number of nitrogen functional groups attached to an aromatic ring is 1. The lowest BCUT2D eigenvalue weighted by Gasteiger charge is -2.23. The van der Waals surface area contributed by atoms with Gasteiger partial charge in [0.25, 0.3) is 0 Å². The van der Waals surface area contributed by atoms with Crippen LogP contribution in [0.25, 0.3) is 0 Å². The van der Waals surface area contributed by atoms with Crippen molar-refractivity contribution in [2.45, 2.75) is 31.5 Å². The van der Waals surface area contributed by atoms with Crippen molar-refractivity contribution in [3.63, 3.8) is 0 Å². The van der Waals surface area contributed by atoms with E-state index in [1.165, 1.54) is 0 Å². The van der Waals surface area contributed by atoms with Gasteiger partial charge < -0.3 is 21.7 Å². The van der Waals surface area contributed by atoms with Gasteiger partial charge in [-0.3, -0.25) is 9.59 Å². The van der Waals surface area contributed by atoms with E-state index in [4.69, 9.17) is 28.9 Å². The molecule has 2 amide bonds. The Bertz CT molecular complexity index is 1110. The van der Waals surface area contributed by atoms with Crippen molar-refractivity contribution in [1.29, 1.82) is 0 Å². The first-order chi connectivity index (χ1) is 16.4. The summed E-state index contributed by atoms with van der Waals surface area (Å²) in [4.78, 5) is 30.2. The van der Waals surface area contributed by atoms with Crippen LogP contribution in [0.5, 0.6) is 0 Å². The zero-order valence-corrected chi connectivity index (χ0v) is 20.2. The third kappa shape index (κ3) is 7.45. The van der Waals surface area contributed by atoms with Crippen LogP contribution in [0.3, 0.4) is 0 Å². The van der Waals surface area contributed by atoms with E-state index in [0.29, 0.717) is 22.3 Å². The number of aromatic nitrogens is 1. The Kier molecular flexibility index (Phi) is 9.27. The molecule has 0 bridgehead atoms. The number of amides is 2. The van der Waals surface area contributed by atoms with Crippen LogP contribution in [0.2, 0.25) is 10.0 Å². The second-order valence-corrected chi connectivity index (χ2v) is 8.67. The summed E-state index contributed by atoms with van der Waals surface area (Å²) in [5, 5.41) is 9.59. The Morgan fingerprint density at radius 1 is 0.882 bits per heavy atom. The molecule has 9 heteroatoms. The molecule has 0 saturated carbocycles. The number of benzene rings is 2. The average Bonchev–Trinajstić information content (AvgIpc) is 2.84. The predicted molar refractivity (Wildman–Crippen MR) is 136 cm³/mol. The number of hydrogen-bond donors (Lipinski definition) is 4. The van der Waals surface area contributed by atoms with Gasteiger partial charge in [0.05, 0.1) is 16.1 Å². The lowest BCUT2D eigenvalue weighted by molar-refractivity contribution is -0.130. The molecule has 2 atom stereocenters. The van der Waals surface area contributed by atoms with Gasteiger partial charge in [-0.25, -0.2) is 4.98 Å². The summed E-state index contributed by atoms with van der Waals surface area (Å²) in [6.45, 7) is 0.249. The molecule has 0 fully saturated rings. The summed E-state index contributed by atoms with van der Waals surface area (Å²) >= 11 is 12.2. The molecule has 3 rings (SSSR count). The van der Waals surface area contributed by atoms with E-state index < -0.39 is 12.1 Å². The Labute approximate surface area is 209 Å². The maximum absolute atomic E-state index is 13.1. The first-order valence-corrected chi connectivity index (χ1v) is 11.5. The van der Waals surface area contributed by atoms with Gasteiger partial charge in [0, 0.05) is 19.2 Å². The number of nitrogens with two attached hydrogens (primary N) is 1. The molecule has 1 heterocycles. The first-order valence-electron chi connectivity index (χ1n) is 10.8. The highest BCUT2D eigenvalue weighted by atomic mass is 35.5. The van der Waals surface area contributed by atoms with E-state index in [-0.39, 0.29) is 24.8 Å². The number of nitrogens with one attached hydrogen (secondary N) is 3. The molecule has 2 aromatic carbocycles. The number of rotatable bonds is 10. The van der Waals surface area contributed by atoms with Gasteiger partial charge in [0.2, 0.25) is 11.8 Å². The van der Waals surface area contributed by atoms with Gasteiger partial charge in [-0.1, -0.05) is 65.7 Å². The molecule has 0 aliphatic heterocycles. The van der Waals surface area contributed by atoms with E-state index in [2.05, 4.69) is 20.9 Å². The molecular weight excluding hydrogens is 473 g/mol. The summed E-state index contributed by atoms with van der Waals surface area (Å²) < 4.78 is 0. The molecule has 178 valence electrons. The Hall–Kier alpha value is -3.13. The number of anilines is 1. The van der Waals surface area contributed by atoms with Gasteiger partial charge in [-0.05, 0) is 48.4 Å². The fourth-order valence-corrected chi connectivity index (χ4v) is 3.73. The summed E-state index contributed by atoms with van der Waals surface area (Å²) in [5.41, 5.74) is 8.19. The smallest absolute Gasteiger partial charge is 0.243 e. The van der Waals surface area contributed by atoms with Crippen LogP contribution in [-0.2, 0) is 29.0 Å². The van der Waals surface area contributed by atoms with E-state index >= 15 is 0 Å². The SMILES string of the molecule is CN[C@@H](Cc1ccccc1)C(=O)N[C@H](Cc1ccc(Cl)c(Cl)c1)C(=O)NCc1ccc(N)nc1. The van der Waals surface area contributed by atoms with Gasteiger partial charge in [-0.2, -0.15) is 0 Å². The molecule has 0 aliphatic carbocycles. The number of halogens is 2. The van der Waals surface area contributed by atoms with Crippen molar-refractivity contribution >= 4 is 40.8 Å². The fraction of sp³-hybridized carbons (Fsp3) is 0.240. The second-order valence-electron chi connectivity index (χ2n) is 7.85. The largest absolute Gasteiger partial charge is 0.384 e. The summed E-state index contributed by atoms with van der Waals surface area (Å²) in [6, 6.07) is 16.9. The van der Waals surface area contributed by atoms with E-state index in [1.54, 1.807) is 43.6 Å². The molecule has 3 aromatic rings. The minimum absolute atomic E-state index is 0.246. The predicted octanol–water partition coefficient (Wildman–Crippen LogP) is 3.15. The van der Waals surface area contributed by atoms with Crippen LogP contribution < -0.4 is 21.7 Å². The fourth-order valence-electron chi connectivity index (χ4n) is 3.41. The molecule has 0 saturated heterocycles. The molecular formula is C25H27Cl2N5O2. The van der Waals surface area contributed by atoms with Crippen molar-refractivity contribution in [2.24, 2.45) is 0 Å². The Morgan fingerprint density at radius 3 is 2.24 bits per heavy atom. The van der Waals surface area contributed by atoms with Crippen molar-refractivity contribution in [2.75, 3.05) is 12.8 Å². The monoisotopic (exact) mass is 499 g/mol. The molecule has 5 N–H and O–H groups in total.